The van der Waals surface area contributed by atoms with Crippen molar-refractivity contribution in [2.24, 2.45) is 4.99 Å². The first-order valence-corrected chi connectivity index (χ1v) is 16.5. The largest absolute Gasteiger partial charge is 0.501 e. The van der Waals surface area contributed by atoms with Gasteiger partial charge in [-0.2, -0.15) is 18.2 Å². The Kier molecular flexibility index (Phi) is 9.19. The molecule has 0 aliphatic carbocycles. The number of urea groups is 1. The van der Waals surface area contributed by atoms with Gasteiger partial charge in [-0.1, -0.05) is 37.7 Å². The number of thioether (sulfide) groups is 1. The molecular weight excluding hydrogens is 661 g/mol. The molecule has 246 valence electrons. The minimum Gasteiger partial charge on any atom is -0.378 e. The molecule has 0 unspecified atom stereocenters. The number of aromatic nitrogens is 2. The predicted octanol–water partition coefficient (Wildman–Crippen LogP) is 6.83. The van der Waals surface area contributed by atoms with Crippen LogP contribution in [0.25, 0.3) is 16.9 Å². The van der Waals surface area contributed by atoms with Gasteiger partial charge < -0.3 is 14.8 Å². The van der Waals surface area contributed by atoms with Gasteiger partial charge in [-0.3, -0.25) is 9.69 Å². The van der Waals surface area contributed by atoms with Crippen LogP contribution in [0, 0.1) is 5.82 Å². The number of carbonyl (C=O) groups is 2. The fraction of sp³-hybridized carbons (Fsp3) is 0.226. The molecule has 2 heterocycles. The number of nitrogens with one attached hydrogen (secondary N) is 1. The minimum atomic E-state index is -5.49. The van der Waals surface area contributed by atoms with Crippen molar-refractivity contribution in [2.45, 2.75) is 30.2 Å². The average molecular weight is 689 g/mol. The van der Waals surface area contributed by atoms with Crippen LogP contribution in [-0.2, 0) is 14.6 Å². The molecule has 0 radical (unpaired) electrons. The second-order valence-electron chi connectivity index (χ2n) is 10.9. The highest BCUT2D eigenvalue weighted by Gasteiger charge is 2.46. The van der Waals surface area contributed by atoms with Crippen molar-refractivity contribution in [3.05, 3.63) is 84.6 Å². The highest BCUT2D eigenvalue weighted by molar-refractivity contribution is 8.15. The second-order valence-corrected chi connectivity index (χ2v) is 13.8. The Bertz CT molecular complexity index is 1990. The number of nitrogens with zero attached hydrogens (tertiary/aromatic N) is 5. The van der Waals surface area contributed by atoms with Crippen LogP contribution in [0.4, 0.5) is 39.4 Å². The summed E-state index contributed by atoms with van der Waals surface area (Å²) in [4.78, 5) is 36.5. The van der Waals surface area contributed by atoms with Crippen LogP contribution in [0.3, 0.4) is 0 Å². The Morgan fingerprint density at radius 1 is 1.06 bits per heavy atom. The monoisotopic (exact) mass is 688 g/mol. The van der Waals surface area contributed by atoms with Crippen LogP contribution in [-0.4, -0.2) is 60.4 Å². The van der Waals surface area contributed by atoms with E-state index in [1.165, 1.54) is 46.3 Å². The molecule has 10 nitrogen and oxygen atoms in total. The fourth-order valence-corrected chi connectivity index (χ4v) is 6.34. The topological polar surface area (TPSA) is 117 Å². The van der Waals surface area contributed by atoms with E-state index in [9.17, 15) is 31.2 Å². The Hall–Kier alpha value is -4.70. The van der Waals surface area contributed by atoms with E-state index in [2.05, 4.69) is 15.3 Å². The number of amides is 3. The summed E-state index contributed by atoms with van der Waals surface area (Å²) in [6, 6.07) is 12.9. The summed E-state index contributed by atoms with van der Waals surface area (Å²) in [6.45, 7) is 3.99. The van der Waals surface area contributed by atoms with Gasteiger partial charge in [0, 0.05) is 37.2 Å². The number of anilines is 3. The van der Waals surface area contributed by atoms with E-state index < -0.39 is 32.1 Å². The molecule has 1 aromatic heterocycles. The molecule has 4 aromatic rings. The van der Waals surface area contributed by atoms with Crippen molar-refractivity contribution in [2.75, 3.05) is 35.0 Å². The average Bonchev–Trinajstić information content (AvgIpc) is 3.64. The van der Waals surface area contributed by atoms with Crippen LogP contribution in [0.2, 0.25) is 0 Å². The van der Waals surface area contributed by atoms with E-state index in [1.54, 1.807) is 0 Å². The molecule has 3 amide bonds. The van der Waals surface area contributed by atoms with Crippen molar-refractivity contribution >= 4 is 55.8 Å². The number of imidazole rings is 1. The molecule has 16 heteroatoms. The minimum absolute atomic E-state index is 0.0799. The number of benzene rings is 3. The van der Waals surface area contributed by atoms with Crippen molar-refractivity contribution < 1.29 is 35.6 Å². The van der Waals surface area contributed by atoms with Crippen molar-refractivity contribution in [1.82, 2.24) is 9.55 Å². The maximum absolute atomic E-state index is 15.1. The van der Waals surface area contributed by atoms with E-state index in [1.807, 2.05) is 51.0 Å². The number of sulfone groups is 1. The van der Waals surface area contributed by atoms with Crippen LogP contribution < -0.4 is 15.1 Å². The number of rotatable bonds is 7. The zero-order chi connectivity index (χ0) is 34.3. The summed E-state index contributed by atoms with van der Waals surface area (Å²) < 4.78 is 78.3. The molecule has 0 spiro atoms. The van der Waals surface area contributed by atoms with Gasteiger partial charge in [0.05, 0.1) is 34.0 Å². The second kappa shape index (κ2) is 12.8. The Morgan fingerprint density at radius 3 is 2.38 bits per heavy atom. The molecule has 1 aliphatic heterocycles. The van der Waals surface area contributed by atoms with Gasteiger partial charge in [0.2, 0.25) is 5.91 Å². The van der Waals surface area contributed by atoms with Gasteiger partial charge in [0.1, 0.15) is 5.82 Å². The number of halogens is 4. The number of aliphatic imine (C=N–C) groups is 1. The number of amidine groups is 1. The van der Waals surface area contributed by atoms with Gasteiger partial charge in [0.15, 0.2) is 5.17 Å². The van der Waals surface area contributed by atoms with E-state index in [0.29, 0.717) is 22.6 Å². The third-order valence-corrected chi connectivity index (χ3v) is 9.62. The summed E-state index contributed by atoms with van der Waals surface area (Å²) in [5.41, 5.74) is -2.27. The van der Waals surface area contributed by atoms with Crippen LogP contribution in [0.15, 0.2) is 83.1 Å². The SMILES string of the molecule is CC(C)c1ccc(N(C)C)cc1N1C(=O)CS/C1=N\C(=O)Nc1ccc(-c2cn(-c3ccc(S(=O)(=O)C(F)(F)F)cc3)cn2)cc1F. The molecule has 1 aliphatic rings. The predicted molar refractivity (Wildman–Crippen MR) is 173 cm³/mol. The molecule has 1 fully saturated rings. The lowest BCUT2D eigenvalue weighted by molar-refractivity contribution is -0.115. The highest BCUT2D eigenvalue weighted by atomic mass is 32.2. The summed E-state index contributed by atoms with van der Waals surface area (Å²) >= 11 is 1.10. The lowest BCUT2D eigenvalue weighted by Crippen LogP contribution is -2.31. The van der Waals surface area contributed by atoms with Gasteiger partial charge >= 0.3 is 11.5 Å². The normalized spacial score (nSPS) is 14.7. The molecule has 47 heavy (non-hydrogen) atoms. The van der Waals surface area contributed by atoms with Crippen molar-refractivity contribution in [3.8, 4) is 16.9 Å². The number of alkyl halides is 3. The fourth-order valence-electron chi connectivity index (χ4n) is 4.72. The van der Waals surface area contributed by atoms with Crippen LogP contribution >= 0.6 is 11.8 Å². The first kappa shape index (κ1) is 33.7. The molecule has 0 bridgehead atoms. The van der Waals surface area contributed by atoms with E-state index in [0.717, 1.165) is 41.2 Å². The lowest BCUT2D eigenvalue weighted by Gasteiger charge is -2.24. The molecule has 0 saturated carbocycles. The lowest BCUT2D eigenvalue weighted by atomic mass is 9.99. The smallest absolute Gasteiger partial charge is 0.378 e. The third kappa shape index (κ3) is 6.88. The molecule has 0 atom stereocenters. The van der Waals surface area contributed by atoms with E-state index >= 15 is 4.39 Å². The third-order valence-electron chi connectivity index (χ3n) is 7.19. The standard InChI is InChI=1S/C31H28F4N6O4S2/c1-18(2)23-11-8-21(39(3)4)14-27(23)41-28(42)16-46-30(41)38-29(43)37-25-12-5-19(13-24(25)32)26-15-40(17-36-26)20-6-9-22(10-7-20)47(44,45)31(33,34)35/h5-15,17-18H,16H2,1-4H3,(H,37,43)/b38-30-. The van der Waals surface area contributed by atoms with Gasteiger partial charge in [0.25, 0.3) is 9.84 Å². The molecular formula is C31H28F4N6O4S2. The Morgan fingerprint density at radius 2 is 1.77 bits per heavy atom. The first-order valence-electron chi connectivity index (χ1n) is 14.0. The molecule has 1 N–H and O–H groups in total. The number of carbonyl (C=O) groups excluding carboxylic acids is 2. The zero-order valence-electron chi connectivity index (χ0n) is 25.4. The van der Waals surface area contributed by atoms with E-state index in [4.69, 9.17) is 0 Å². The van der Waals surface area contributed by atoms with Gasteiger partial charge in [-0.15, -0.1) is 0 Å². The molecule has 1 saturated heterocycles. The van der Waals surface area contributed by atoms with Gasteiger partial charge in [-0.05, 0) is 60.0 Å². The Balaban J connectivity index is 1.33. The summed E-state index contributed by atoms with van der Waals surface area (Å²) in [5.74, 6) is -0.865. The summed E-state index contributed by atoms with van der Waals surface area (Å²) in [5, 5.41) is 2.58. The van der Waals surface area contributed by atoms with Crippen LogP contribution in [0.5, 0.6) is 0 Å². The quantitative estimate of drug-likeness (QED) is 0.212. The zero-order valence-corrected chi connectivity index (χ0v) is 27.0. The maximum atomic E-state index is 15.1. The highest BCUT2D eigenvalue weighted by Crippen LogP contribution is 2.36. The summed E-state index contributed by atoms with van der Waals surface area (Å²) in [7, 11) is -1.74. The maximum Gasteiger partial charge on any atom is 0.501 e. The van der Waals surface area contributed by atoms with E-state index in [-0.39, 0.29) is 28.4 Å². The van der Waals surface area contributed by atoms with Crippen molar-refractivity contribution in [3.63, 3.8) is 0 Å². The number of hydrogen-bond donors (Lipinski definition) is 1. The molecule has 5 rings (SSSR count). The first-order chi connectivity index (χ1) is 22.1. The Labute approximate surface area is 272 Å². The molecule has 3 aromatic carbocycles. The van der Waals surface area contributed by atoms with Crippen LogP contribution in [0.1, 0.15) is 25.3 Å². The van der Waals surface area contributed by atoms with Crippen molar-refractivity contribution in [1.29, 1.82) is 0 Å². The number of hydrogen-bond acceptors (Lipinski definition) is 7. The summed E-state index contributed by atoms with van der Waals surface area (Å²) in [6.07, 6.45) is 2.81. The van der Waals surface area contributed by atoms with Gasteiger partial charge in [-0.25, -0.2) is 22.6 Å².